The van der Waals surface area contributed by atoms with Gasteiger partial charge in [-0.15, -0.1) is 6.58 Å². The molecule has 6 nitrogen and oxygen atoms in total. The van der Waals surface area contributed by atoms with Gasteiger partial charge in [0.05, 0.1) is 18.6 Å². The summed E-state index contributed by atoms with van der Waals surface area (Å²) < 4.78 is 5.54. The fourth-order valence-electron chi connectivity index (χ4n) is 3.86. The van der Waals surface area contributed by atoms with Crippen LogP contribution in [0.2, 0.25) is 0 Å². The van der Waals surface area contributed by atoms with Gasteiger partial charge in [-0.2, -0.15) is 0 Å². The second-order valence-electron chi connectivity index (χ2n) is 6.70. The number of rotatable bonds is 5. The minimum absolute atomic E-state index is 0.0693. The van der Waals surface area contributed by atoms with Crippen molar-refractivity contribution in [1.82, 2.24) is 9.97 Å². The van der Waals surface area contributed by atoms with E-state index >= 15 is 0 Å². The number of ketones is 1. The lowest BCUT2D eigenvalue weighted by Crippen LogP contribution is -2.32. The summed E-state index contributed by atoms with van der Waals surface area (Å²) in [5, 5.41) is 3.80. The molecule has 0 radical (unpaired) electrons. The normalized spacial score (nSPS) is 18.2. The van der Waals surface area contributed by atoms with Gasteiger partial charge in [-0.25, -0.2) is 4.98 Å². The molecule has 7 heteroatoms. The molecule has 0 spiro atoms. The number of carbonyl (C=O) groups is 1. The van der Waals surface area contributed by atoms with Gasteiger partial charge in [0, 0.05) is 29.0 Å². The number of allylic oxidation sites excluding steroid dienone is 2. The van der Waals surface area contributed by atoms with Crippen LogP contribution < -0.4 is 15.6 Å². The number of thioether (sulfide) groups is 1. The highest BCUT2D eigenvalue weighted by atomic mass is 32.2. The van der Waals surface area contributed by atoms with E-state index < -0.39 is 5.92 Å². The number of Topliss-reactive ketones (excluding diaryl/α,β-unsaturated/α-hetero) is 1. The van der Waals surface area contributed by atoms with E-state index in [1.807, 2.05) is 24.3 Å². The number of ether oxygens (including phenoxy) is 1. The number of anilines is 1. The maximum atomic E-state index is 13.1. The number of aromatic nitrogens is 2. The lowest BCUT2D eigenvalue weighted by atomic mass is 9.76. The van der Waals surface area contributed by atoms with Crippen molar-refractivity contribution in [2.75, 3.05) is 18.2 Å². The number of methoxy groups -OCH3 is 1. The van der Waals surface area contributed by atoms with Crippen LogP contribution in [-0.2, 0) is 4.79 Å². The number of benzene rings is 1. The van der Waals surface area contributed by atoms with Gasteiger partial charge >= 0.3 is 0 Å². The predicted octanol–water partition coefficient (Wildman–Crippen LogP) is 3.62. The molecule has 2 aliphatic rings. The number of para-hydroxylation sites is 1. The van der Waals surface area contributed by atoms with Gasteiger partial charge in [0.25, 0.3) is 5.56 Å². The number of aromatic amines is 1. The van der Waals surface area contributed by atoms with Crippen LogP contribution in [0, 0.1) is 0 Å². The van der Waals surface area contributed by atoms with Gasteiger partial charge in [0.15, 0.2) is 10.9 Å². The first-order chi connectivity index (χ1) is 13.6. The molecule has 2 heterocycles. The number of nitrogens with zero attached hydrogens (tertiary/aromatic N) is 1. The second kappa shape index (κ2) is 7.67. The van der Waals surface area contributed by atoms with Gasteiger partial charge in [0.1, 0.15) is 11.6 Å². The Hall–Kier alpha value is -2.80. The molecule has 1 aliphatic carbocycles. The van der Waals surface area contributed by atoms with E-state index in [2.05, 4.69) is 21.9 Å². The molecule has 0 amide bonds. The third-order valence-corrected chi connectivity index (χ3v) is 5.89. The van der Waals surface area contributed by atoms with Crippen LogP contribution in [0.15, 0.2) is 58.1 Å². The van der Waals surface area contributed by atoms with Gasteiger partial charge in [-0.1, -0.05) is 36.0 Å². The molecule has 2 aromatic rings. The van der Waals surface area contributed by atoms with Crippen molar-refractivity contribution in [3.63, 3.8) is 0 Å². The average molecular weight is 395 g/mol. The van der Waals surface area contributed by atoms with Crippen molar-refractivity contribution in [3.8, 4) is 5.75 Å². The van der Waals surface area contributed by atoms with Crippen molar-refractivity contribution < 1.29 is 9.53 Å². The zero-order chi connectivity index (χ0) is 19.7. The van der Waals surface area contributed by atoms with E-state index in [0.717, 1.165) is 24.1 Å². The van der Waals surface area contributed by atoms with E-state index in [9.17, 15) is 9.59 Å². The standard InChI is InChI=1S/C21H21N3O3S/c1-3-11-28-21-23-19-18(20(26)24-21)16(12-7-4-5-10-15(12)27-2)17-13(22-19)8-6-9-14(17)25/h3-5,7,10,16H,1,6,8-9,11H2,2H3,(H2,22,23,24,26)/t16-/m1/s1. The summed E-state index contributed by atoms with van der Waals surface area (Å²) in [5.74, 6) is 1.38. The minimum Gasteiger partial charge on any atom is -0.496 e. The smallest absolute Gasteiger partial charge is 0.257 e. The number of carbonyl (C=O) groups excluding carboxylic acids is 1. The molecular weight excluding hydrogens is 374 g/mol. The molecule has 1 aromatic heterocycles. The molecule has 0 unspecified atom stereocenters. The Labute approximate surface area is 167 Å². The largest absolute Gasteiger partial charge is 0.496 e. The number of H-pyrrole nitrogens is 1. The second-order valence-corrected chi connectivity index (χ2v) is 7.71. The third-order valence-electron chi connectivity index (χ3n) is 5.02. The Bertz CT molecular complexity index is 1040. The summed E-state index contributed by atoms with van der Waals surface area (Å²) in [5.41, 5.74) is 2.53. The number of hydrogen-bond donors (Lipinski definition) is 2. The first-order valence-electron chi connectivity index (χ1n) is 9.18. The Balaban J connectivity index is 1.94. The van der Waals surface area contributed by atoms with E-state index in [0.29, 0.717) is 40.0 Å². The van der Waals surface area contributed by atoms with E-state index in [-0.39, 0.29) is 11.3 Å². The molecule has 0 saturated carbocycles. The first kappa shape index (κ1) is 18.6. The van der Waals surface area contributed by atoms with Crippen molar-refractivity contribution in [3.05, 3.63) is 69.7 Å². The van der Waals surface area contributed by atoms with Crippen molar-refractivity contribution >= 4 is 23.4 Å². The summed E-state index contributed by atoms with van der Waals surface area (Å²) in [4.78, 5) is 33.4. The van der Waals surface area contributed by atoms with Crippen molar-refractivity contribution in [2.24, 2.45) is 0 Å². The minimum atomic E-state index is -0.495. The molecule has 0 bridgehead atoms. The molecule has 28 heavy (non-hydrogen) atoms. The highest BCUT2D eigenvalue weighted by molar-refractivity contribution is 7.99. The Morgan fingerprint density at radius 1 is 1.32 bits per heavy atom. The molecule has 1 atom stereocenters. The fraction of sp³-hybridized carbons (Fsp3) is 0.286. The van der Waals surface area contributed by atoms with E-state index in [1.54, 1.807) is 13.2 Å². The zero-order valence-electron chi connectivity index (χ0n) is 15.6. The summed E-state index contributed by atoms with van der Waals surface area (Å²) in [6, 6.07) is 7.52. The van der Waals surface area contributed by atoms with Gasteiger partial charge in [-0.05, 0) is 18.9 Å². The van der Waals surface area contributed by atoms with Crippen LogP contribution in [-0.4, -0.2) is 28.6 Å². The van der Waals surface area contributed by atoms with Crippen LogP contribution in [0.25, 0.3) is 0 Å². The van der Waals surface area contributed by atoms with E-state index in [4.69, 9.17) is 4.74 Å². The van der Waals surface area contributed by atoms with Crippen LogP contribution >= 0.6 is 11.8 Å². The van der Waals surface area contributed by atoms with Crippen LogP contribution in [0.4, 0.5) is 5.82 Å². The number of hydrogen-bond acceptors (Lipinski definition) is 6. The predicted molar refractivity (Wildman–Crippen MR) is 110 cm³/mol. The third kappa shape index (κ3) is 3.16. The lowest BCUT2D eigenvalue weighted by molar-refractivity contribution is -0.116. The van der Waals surface area contributed by atoms with Crippen LogP contribution in [0.5, 0.6) is 5.75 Å². The molecule has 2 N–H and O–H groups in total. The average Bonchev–Trinajstić information content (AvgIpc) is 2.71. The molecule has 0 saturated heterocycles. The number of fused-ring (bicyclic) bond motifs is 1. The molecule has 4 rings (SSSR count). The zero-order valence-corrected chi connectivity index (χ0v) is 16.4. The monoisotopic (exact) mass is 395 g/mol. The summed E-state index contributed by atoms with van der Waals surface area (Å²) in [7, 11) is 1.59. The van der Waals surface area contributed by atoms with Crippen molar-refractivity contribution in [2.45, 2.75) is 30.3 Å². The maximum absolute atomic E-state index is 13.1. The summed E-state index contributed by atoms with van der Waals surface area (Å²) >= 11 is 1.41. The molecule has 144 valence electrons. The topological polar surface area (TPSA) is 84.1 Å². The molecule has 0 fully saturated rings. The Morgan fingerprint density at radius 3 is 2.93 bits per heavy atom. The SMILES string of the molecule is C=CCSc1nc2c(c(=O)[nH]1)[C@H](c1ccccc1OC)C1=C(CCCC1=O)N2. The van der Waals surface area contributed by atoms with Crippen LogP contribution in [0.3, 0.4) is 0 Å². The van der Waals surface area contributed by atoms with E-state index in [1.165, 1.54) is 11.8 Å². The van der Waals surface area contributed by atoms with Crippen LogP contribution in [0.1, 0.15) is 36.3 Å². The van der Waals surface area contributed by atoms with Crippen molar-refractivity contribution in [1.29, 1.82) is 0 Å². The Morgan fingerprint density at radius 2 is 2.14 bits per heavy atom. The quantitative estimate of drug-likeness (QED) is 0.457. The molecule has 1 aliphatic heterocycles. The van der Waals surface area contributed by atoms with Gasteiger partial charge in [0.2, 0.25) is 0 Å². The lowest BCUT2D eigenvalue weighted by Gasteiger charge is -2.33. The van der Waals surface area contributed by atoms with Gasteiger partial charge < -0.3 is 15.0 Å². The fourth-order valence-corrected chi connectivity index (χ4v) is 4.46. The summed E-state index contributed by atoms with van der Waals surface area (Å²) in [6.45, 7) is 3.70. The maximum Gasteiger partial charge on any atom is 0.257 e. The highest BCUT2D eigenvalue weighted by Crippen LogP contribution is 2.45. The Kier molecular flexibility index (Phi) is 5.09. The first-order valence-corrected chi connectivity index (χ1v) is 10.2. The molecule has 1 aromatic carbocycles. The number of nitrogens with one attached hydrogen (secondary N) is 2. The molecular formula is C21H21N3O3S. The summed E-state index contributed by atoms with van der Waals surface area (Å²) in [6.07, 6.45) is 3.80. The highest BCUT2D eigenvalue weighted by Gasteiger charge is 2.38. The van der Waals surface area contributed by atoms with Gasteiger partial charge in [-0.3, -0.25) is 9.59 Å².